The molecular weight excluding hydrogens is 312 g/mol. The van der Waals surface area contributed by atoms with E-state index in [0.717, 1.165) is 29.3 Å². The number of hydrogen-bond donors (Lipinski definition) is 1. The molecule has 0 atom stereocenters. The highest BCUT2D eigenvalue weighted by molar-refractivity contribution is 5.59. The van der Waals surface area contributed by atoms with Gasteiger partial charge in [-0.05, 0) is 54.0 Å². The Kier molecular flexibility index (Phi) is 4.18. The molecule has 1 saturated carbocycles. The number of hydrogen-bond acceptors (Lipinski definition) is 2. The molecule has 1 N–H and O–H groups in total. The molecule has 0 radical (unpaired) electrons. The summed E-state index contributed by atoms with van der Waals surface area (Å²) in [6.07, 6.45) is 5.21. The monoisotopic (exact) mass is 334 g/mol. The zero-order valence-electron chi connectivity index (χ0n) is 14.4. The lowest BCUT2D eigenvalue weighted by atomic mass is 10.1. The molecule has 1 fully saturated rings. The van der Waals surface area contributed by atoms with Gasteiger partial charge in [-0.15, -0.1) is 0 Å². The molecule has 128 valence electrons. The normalized spacial score (nSPS) is 13.8. The van der Waals surface area contributed by atoms with Gasteiger partial charge in [0.25, 0.3) is 0 Å². The number of nitrogens with zero attached hydrogens (tertiary/aromatic N) is 1. The van der Waals surface area contributed by atoms with Crippen LogP contribution in [0.3, 0.4) is 0 Å². The number of benzene rings is 2. The molecule has 1 aliphatic carbocycles. The molecule has 0 bridgehead atoms. The second-order valence-corrected chi connectivity index (χ2v) is 6.63. The third kappa shape index (κ3) is 3.38. The van der Waals surface area contributed by atoms with Crippen molar-refractivity contribution < 1.29 is 4.74 Å². The zero-order chi connectivity index (χ0) is 17.2. The summed E-state index contributed by atoms with van der Waals surface area (Å²) >= 11 is 0. The average molecular weight is 334 g/mol. The van der Waals surface area contributed by atoms with Crippen LogP contribution < -0.4 is 10.4 Å². The third-order valence-corrected chi connectivity index (χ3v) is 4.91. The van der Waals surface area contributed by atoms with E-state index in [1.807, 2.05) is 35.0 Å². The van der Waals surface area contributed by atoms with E-state index in [4.69, 9.17) is 4.74 Å². The van der Waals surface area contributed by atoms with E-state index in [-0.39, 0.29) is 5.69 Å². The Bertz CT molecular complexity index is 900. The molecule has 0 aliphatic heterocycles. The van der Waals surface area contributed by atoms with Crippen molar-refractivity contribution in [2.45, 2.75) is 31.7 Å². The lowest BCUT2D eigenvalue weighted by Gasteiger charge is -2.09. The number of aromatic amines is 1. The SMILES string of the molecule is COc1ccc(CCn2c(-c3ccc(C4CC4)cc3)c[nH]c2=O)cc1. The molecule has 3 aromatic rings. The van der Waals surface area contributed by atoms with Crippen molar-refractivity contribution in [1.29, 1.82) is 0 Å². The Morgan fingerprint density at radius 2 is 1.80 bits per heavy atom. The van der Waals surface area contributed by atoms with Crippen molar-refractivity contribution >= 4 is 0 Å². The summed E-state index contributed by atoms with van der Waals surface area (Å²) in [6, 6.07) is 16.6. The van der Waals surface area contributed by atoms with Gasteiger partial charge in [0.2, 0.25) is 0 Å². The van der Waals surface area contributed by atoms with Crippen LogP contribution in [0.1, 0.15) is 29.9 Å². The standard InChI is InChI=1S/C21H22N2O2/c1-25-19-10-2-15(3-11-19)12-13-23-20(14-22-21(23)24)18-8-6-17(7-9-18)16-4-5-16/h2-3,6-11,14,16H,4-5,12-13H2,1H3,(H,22,24). The number of aryl methyl sites for hydroxylation is 1. The quantitative estimate of drug-likeness (QED) is 0.741. The summed E-state index contributed by atoms with van der Waals surface area (Å²) in [6.45, 7) is 0.647. The second-order valence-electron chi connectivity index (χ2n) is 6.63. The molecule has 1 aliphatic rings. The maximum absolute atomic E-state index is 12.2. The number of aromatic nitrogens is 2. The molecule has 2 aromatic carbocycles. The minimum Gasteiger partial charge on any atom is -0.497 e. The highest BCUT2D eigenvalue weighted by atomic mass is 16.5. The van der Waals surface area contributed by atoms with Crippen LogP contribution >= 0.6 is 0 Å². The van der Waals surface area contributed by atoms with E-state index in [9.17, 15) is 4.79 Å². The number of nitrogens with one attached hydrogen (secondary N) is 1. The predicted octanol–water partition coefficient (Wildman–Crippen LogP) is 3.97. The van der Waals surface area contributed by atoms with Crippen LogP contribution in [0.4, 0.5) is 0 Å². The fourth-order valence-electron chi connectivity index (χ4n) is 3.23. The van der Waals surface area contributed by atoms with Crippen molar-refractivity contribution in [3.05, 3.63) is 76.3 Å². The van der Waals surface area contributed by atoms with E-state index < -0.39 is 0 Å². The summed E-state index contributed by atoms with van der Waals surface area (Å²) in [5, 5.41) is 0. The number of ether oxygens (including phenoxy) is 1. The van der Waals surface area contributed by atoms with Crippen LogP contribution in [-0.2, 0) is 13.0 Å². The first-order valence-electron chi connectivity index (χ1n) is 8.76. The van der Waals surface area contributed by atoms with Crippen LogP contribution in [0.15, 0.2) is 59.5 Å². The highest BCUT2D eigenvalue weighted by Gasteiger charge is 2.23. The number of methoxy groups -OCH3 is 1. The zero-order valence-corrected chi connectivity index (χ0v) is 14.4. The summed E-state index contributed by atoms with van der Waals surface area (Å²) in [5.41, 5.74) is 4.56. The van der Waals surface area contributed by atoms with E-state index in [1.54, 1.807) is 7.11 Å². The Morgan fingerprint density at radius 3 is 2.44 bits per heavy atom. The predicted molar refractivity (Wildman–Crippen MR) is 99.2 cm³/mol. The van der Waals surface area contributed by atoms with Crippen LogP contribution in [0.2, 0.25) is 0 Å². The first-order chi connectivity index (χ1) is 12.2. The maximum atomic E-state index is 12.2. The Hall–Kier alpha value is -2.75. The van der Waals surface area contributed by atoms with E-state index >= 15 is 0 Å². The Labute approximate surface area is 147 Å². The summed E-state index contributed by atoms with van der Waals surface area (Å²) in [7, 11) is 1.66. The van der Waals surface area contributed by atoms with Gasteiger partial charge in [0.1, 0.15) is 5.75 Å². The van der Waals surface area contributed by atoms with Crippen molar-refractivity contribution in [2.75, 3.05) is 7.11 Å². The lowest BCUT2D eigenvalue weighted by Crippen LogP contribution is -2.19. The van der Waals surface area contributed by atoms with Crippen molar-refractivity contribution in [1.82, 2.24) is 9.55 Å². The lowest BCUT2D eigenvalue weighted by molar-refractivity contribution is 0.414. The maximum Gasteiger partial charge on any atom is 0.325 e. The summed E-state index contributed by atoms with van der Waals surface area (Å²) < 4.78 is 7.00. The number of imidazole rings is 1. The Balaban J connectivity index is 1.53. The van der Waals surface area contributed by atoms with Gasteiger partial charge in [0, 0.05) is 12.7 Å². The summed E-state index contributed by atoms with van der Waals surface area (Å²) in [4.78, 5) is 15.0. The molecule has 0 spiro atoms. The summed E-state index contributed by atoms with van der Waals surface area (Å²) in [5.74, 6) is 1.59. The van der Waals surface area contributed by atoms with E-state index in [2.05, 4.69) is 29.2 Å². The highest BCUT2D eigenvalue weighted by Crippen LogP contribution is 2.40. The van der Waals surface area contributed by atoms with Gasteiger partial charge in [0.15, 0.2) is 0 Å². The van der Waals surface area contributed by atoms with Crippen LogP contribution in [-0.4, -0.2) is 16.7 Å². The topological polar surface area (TPSA) is 47.0 Å². The molecule has 4 nitrogen and oxygen atoms in total. The molecule has 4 heteroatoms. The smallest absolute Gasteiger partial charge is 0.325 e. The molecule has 1 aromatic heterocycles. The van der Waals surface area contributed by atoms with Gasteiger partial charge in [-0.25, -0.2) is 4.79 Å². The van der Waals surface area contributed by atoms with Crippen molar-refractivity contribution in [3.63, 3.8) is 0 Å². The van der Waals surface area contributed by atoms with Crippen LogP contribution in [0.25, 0.3) is 11.3 Å². The fourth-order valence-corrected chi connectivity index (χ4v) is 3.23. The largest absolute Gasteiger partial charge is 0.497 e. The molecule has 4 rings (SSSR count). The van der Waals surface area contributed by atoms with Crippen LogP contribution in [0, 0.1) is 0 Å². The number of rotatable bonds is 6. The molecule has 0 unspecified atom stereocenters. The Morgan fingerprint density at radius 1 is 1.08 bits per heavy atom. The van der Waals surface area contributed by atoms with Crippen LogP contribution in [0.5, 0.6) is 5.75 Å². The first kappa shape index (κ1) is 15.8. The third-order valence-electron chi connectivity index (χ3n) is 4.91. The van der Waals surface area contributed by atoms with Crippen molar-refractivity contribution in [2.24, 2.45) is 0 Å². The fraction of sp³-hybridized carbons (Fsp3) is 0.286. The van der Waals surface area contributed by atoms with Gasteiger partial charge in [-0.1, -0.05) is 36.4 Å². The molecule has 25 heavy (non-hydrogen) atoms. The molecule has 0 amide bonds. The first-order valence-corrected chi connectivity index (χ1v) is 8.76. The molecule has 0 saturated heterocycles. The minimum absolute atomic E-state index is 0.0604. The van der Waals surface area contributed by atoms with Gasteiger partial charge >= 0.3 is 5.69 Å². The number of H-pyrrole nitrogens is 1. The van der Waals surface area contributed by atoms with Gasteiger partial charge in [0.05, 0.1) is 12.8 Å². The van der Waals surface area contributed by atoms with E-state index in [1.165, 1.54) is 24.0 Å². The van der Waals surface area contributed by atoms with E-state index in [0.29, 0.717) is 6.54 Å². The minimum atomic E-state index is -0.0604. The molecular formula is C21H22N2O2. The van der Waals surface area contributed by atoms with Gasteiger partial charge in [-0.3, -0.25) is 4.57 Å². The second kappa shape index (κ2) is 6.63. The van der Waals surface area contributed by atoms with Gasteiger partial charge in [-0.2, -0.15) is 0 Å². The molecule has 1 heterocycles. The average Bonchev–Trinajstić information content (AvgIpc) is 3.44. The van der Waals surface area contributed by atoms with Gasteiger partial charge < -0.3 is 9.72 Å². The van der Waals surface area contributed by atoms with Crippen molar-refractivity contribution in [3.8, 4) is 17.0 Å².